The van der Waals surface area contributed by atoms with Crippen molar-refractivity contribution in [2.45, 2.75) is 32.1 Å². The van der Waals surface area contributed by atoms with Gasteiger partial charge in [0.2, 0.25) is 0 Å². The fourth-order valence-electron chi connectivity index (χ4n) is 2.07. The van der Waals surface area contributed by atoms with Crippen LogP contribution in [0.25, 0.3) is 0 Å². The Morgan fingerprint density at radius 3 is 2.45 bits per heavy atom. The normalized spacial score (nSPS) is 20.3. The molecule has 0 aromatic heterocycles. The first kappa shape index (κ1) is 15.9. The largest absolute Gasteiger partial charge is 0.511 e. The minimum atomic E-state index is -1.53. The Bertz CT molecular complexity index is 596. The zero-order chi connectivity index (χ0) is 16.5. The van der Waals surface area contributed by atoms with Gasteiger partial charge in [0.25, 0.3) is 11.6 Å². The van der Waals surface area contributed by atoms with E-state index in [-0.39, 0.29) is 6.54 Å². The fourth-order valence-corrected chi connectivity index (χ4v) is 2.07. The first-order valence-electron chi connectivity index (χ1n) is 6.82. The van der Waals surface area contributed by atoms with Gasteiger partial charge < -0.3 is 24.8 Å². The van der Waals surface area contributed by atoms with Gasteiger partial charge in [0.15, 0.2) is 0 Å². The average molecular weight is 308 g/mol. The van der Waals surface area contributed by atoms with Crippen LogP contribution in [0.3, 0.4) is 0 Å². The van der Waals surface area contributed by atoms with Crippen molar-refractivity contribution in [1.29, 1.82) is 0 Å². The van der Waals surface area contributed by atoms with Gasteiger partial charge in [-0.1, -0.05) is 12.1 Å². The Kier molecular flexibility index (Phi) is 3.91. The highest BCUT2D eigenvalue weighted by molar-refractivity contribution is 5.95. The van der Waals surface area contributed by atoms with E-state index < -0.39 is 23.4 Å². The molecule has 0 radical (unpaired) electrons. The molecule has 120 valence electrons. The van der Waals surface area contributed by atoms with Crippen LogP contribution in [0.2, 0.25) is 0 Å². The van der Waals surface area contributed by atoms with E-state index in [1.807, 2.05) is 0 Å². The van der Waals surface area contributed by atoms with E-state index in [1.165, 1.54) is 7.11 Å². The minimum absolute atomic E-state index is 0.155. The second-order valence-corrected chi connectivity index (χ2v) is 5.97. The van der Waals surface area contributed by atoms with E-state index in [9.17, 15) is 9.59 Å². The molecule has 7 nitrogen and oxygen atoms in total. The lowest BCUT2D eigenvalue weighted by Crippen LogP contribution is -2.42. The molecule has 1 heterocycles. The number of hydrogen-bond acceptors (Lipinski definition) is 6. The van der Waals surface area contributed by atoms with Crippen LogP contribution in [0.15, 0.2) is 24.3 Å². The highest BCUT2D eigenvalue weighted by atomic mass is 16.8. The number of benzene rings is 1. The van der Waals surface area contributed by atoms with E-state index in [0.717, 1.165) is 0 Å². The lowest BCUT2D eigenvalue weighted by molar-refractivity contribution is -0.131. The quantitative estimate of drug-likeness (QED) is 0.672. The van der Waals surface area contributed by atoms with Gasteiger partial charge in [-0.05, 0) is 32.9 Å². The number of nitrogens with two attached hydrogens (primary N) is 1. The van der Waals surface area contributed by atoms with Crippen LogP contribution >= 0.6 is 0 Å². The van der Waals surface area contributed by atoms with Crippen LogP contribution in [-0.2, 0) is 14.3 Å². The summed E-state index contributed by atoms with van der Waals surface area (Å²) < 4.78 is 15.5. The third-order valence-electron chi connectivity index (χ3n) is 3.11. The number of anilines is 1. The van der Waals surface area contributed by atoms with Gasteiger partial charge in [-0.3, -0.25) is 4.79 Å². The Morgan fingerprint density at radius 1 is 1.27 bits per heavy atom. The molecule has 0 bridgehead atoms. The molecule has 2 N–H and O–H groups in total. The van der Waals surface area contributed by atoms with Gasteiger partial charge >= 0.3 is 6.16 Å². The zero-order valence-corrected chi connectivity index (χ0v) is 13.1. The molecule has 1 aliphatic heterocycles. The molecule has 1 atom stereocenters. The Morgan fingerprint density at radius 2 is 1.91 bits per heavy atom. The Hall–Kier alpha value is -2.44. The molecule has 0 saturated carbocycles. The highest BCUT2D eigenvalue weighted by Gasteiger charge is 2.63. The third kappa shape index (κ3) is 3.08. The van der Waals surface area contributed by atoms with Crippen molar-refractivity contribution >= 4 is 17.7 Å². The molecule has 1 amide bonds. The summed E-state index contributed by atoms with van der Waals surface area (Å²) in [5.74, 6) is -0.206. The molecule has 0 aliphatic carbocycles. The van der Waals surface area contributed by atoms with Crippen LogP contribution in [0.1, 0.15) is 20.8 Å². The van der Waals surface area contributed by atoms with Crippen LogP contribution in [0.5, 0.6) is 5.75 Å². The molecular formula is C15H20N2O5. The van der Waals surface area contributed by atoms with Crippen LogP contribution in [0.4, 0.5) is 10.5 Å². The predicted molar refractivity (Wildman–Crippen MR) is 79.6 cm³/mol. The van der Waals surface area contributed by atoms with Gasteiger partial charge in [0.1, 0.15) is 11.4 Å². The van der Waals surface area contributed by atoms with E-state index in [0.29, 0.717) is 11.4 Å². The van der Waals surface area contributed by atoms with Crippen molar-refractivity contribution in [3.05, 3.63) is 24.3 Å². The molecular weight excluding hydrogens is 288 g/mol. The average Bonchev–Trinajstić information content (AvgIpc) is 3.11. The number of carbonyl (C=O) groups excluding carboxylic acids is 2. The number of carbonyl (C=O) groups is 2. The number of rotatable bonds is 4. The number of amides is 1. The number of methoxy groups -OCH3 is 1. The van der Waals surface area contributed by atoms with Crippen LogP contribution in [0, 0.1) is 0 Å². The summed E-state index contributed by atoms with van der Waals surface area (Å²) in [5.41, 5.74) is 3.77. The monoisotopic (exact) mass is 308 g/mol. The van der Waals surface area contributed by atoms with E-state index >= 15 is 0 Å². The number of para-hydroxylation sites is 2. The lowest BCUT2D eigenvalue weighted by atomic mass is 10.2. The van der Waals surface area contributed by atoms with Crippen molar-refractivity contribution in [3.63, 3.8) is 0 Å². The van der Waals surface area contributed by atoms with Crippen molar-refractivity contribution in [2.75, 3.05) is 18.6 Å². The molecule has 1 unspecified atom stereocenters. The summed E-state index contributed by atoms with van der Waals surface area (Å²) in [5, 5.41) is 0. The first-order valence-corrected chi connectivity index (χ1v) is 6.82. The summed E-state index contributed by atoms with van der Waals surface area (Å²) in [6, 6.07) is 7.08. The third-order valence-corrected chi connectivity index (χ3v) is 3.11. The minimum Gasteiger partial charge on any atom is -0.495 e. The van der Waals surface area contributed by atoms with Crippen molar-refractivity contribution in [2.24, 2.45) is 5.73 Å². The SMILES string of the molecule is COc1ccccc1N1CC1(OC(=O)OC(C)(C)C)C(N)=O. The summed E-state index contributed by atoms with van der Waals surface area (Å²) in [4.78, 5) is 25.2. The van der Waals surface area contributed by atoms with Gasteiger partial charge in [-0.2, -0.15) is 0 Å². The fraction of sp³-hybridized carbons (Fsp3) is 0.467. The second kappa shape index (κ2) is 5.40. The molecule has 22 heavy (non-hydrogen) atoms. The van der Waals surface area contributed by atoms with Crippen molar-refractivity contribution in [3.8, 4) is 5.75 Å². The van der Waals surface area contributed by atoms with Crippen LogP contribution in [-0.4, -0.2) is 37.0 Å². The number of primary amides is 1. The maximum atomic E-state index is 11.8. The van der Waals surface area contributed by atoms with E-state index in [1.54, 1.807) is 49.9 Å². The summed E-state index contributed by atoms with van der Waals surface area (Å²) in [6.45, 7) is 5.27. The molecule has 7 heteroatoms. The Labute approximate surface area is 128 Å². The topological polar surface area (TPSA) is 90.9 Å². The Balaban J connectivity index is 2.20. The van der Waals surface area contributed by atoms with E-state index in [4.69, 9.17) is 19.9 Å². The summed E-state index contributed by atoms with van der Waals surface area (Å²) >= 11 is 0. The molecule has 1 aromatic rings. The van der Waals surface area contributed by atoms with Gasteiger partial charge in [-0.15, -0.1) is 0 Å². The zero-order valence-electron chi connectivity index (χ0n) is 13.1. The maximum absolute atomic E-state index is 11.8. The van der Waals surface area contributed by atoms with Crippen molar-refractivity contribution < 1.29 is 23.8 Å². The maximum Gasteiger partial charge on any atom is 0.511 e. The lowest BCUT2D eigenvalue weighted by Gasteiger charge is -2.22. The standard InChI is InChI=1S/C15H20N2O5/c1-14(2,3)21-13(19)22-15(12(16)18)9-17(15)10-7-5-6-8-11(10)20-4/h5-8H,9H2,1-4H3,(H2,16,18). The smallest absolute Gasteiger partial charge is 0.495 e. The number of nitrogens with zero attached hydrogens (tertiary/aromatic N) is 1. The second-order valence-electron chi connectivity index (χ2n) is 5.97. The van der Waals surface area contributed by atoms with Gasteiger partial charge in [-0.25, -0.2) is 4.79 Å². The van der Waals surface area contributed by atoms with Gasteiger partial charge in [0, 0.05) is 0 Å². The molecule has 0 spiro atoms. The first-order chi connectivity index (χ1) is 10.2. The predicted octanol–water partition coefficient (Wildman–Crippen LogP) is 1.65. The van der Waals surface area contributed by atoms with Crippen molar-refractivity contribution in [1.82, 2.24) is 0 Å². The molecule has 1 aromatic carbocycles. The van der Waals surface area contributed by atoms with Crippen LogP contribution < -0.4 is 15.4 Å². The summed E-state index contributed by atoms with van der Waals surface area (Å²) in [6.07, 6.45) is -0.941. The molecule has 1 fully saturated rings. The molecule has 1 saturated heterocycles. The number of ether oxygens (including phenoxy) is 3. The molecule has 2 rings (SSSR count). The summed E-state index contributed by atoms with van der Waals surface area (Å²) in [7, 11) is 1.52. The molecule has 1 aliphatic rings. The van der Waals surface area contributed by atoms with Gasteiger partial charge in [0.05, 0.1) is 19.3 Å². The number of hydrogen-bond donors (Lipinski definition) is 1. The highest BCUT2D eigenvalue weighted by Crippen LogP contribution is 2.43. The van der Waals surface area contributed by atoms with E-state index in [2.05, 4.69) is 0 Å².